The monoisotopic (exact) mass is 1090 g/mol. The lowest BCUT2D eigenvalue weighted by Gasteiger charge is -2.18. The van der Waals surface area contributed by atoms with Gasteiger partial charge in [-0.1, -0.05) is 380 Å². The molecule has 0 heterocycles. The van der Waals surface area contributed by atoms with Gasteiger partial charge in [-0.25, -0.2) is 0 Å². The Bertz CT molecular complexity index is 1090. The Morgan fingerprint density at radius 1 is 0.208 bits per heavy atom. The fourth-order valence-electron chi connectivity index (χ4n) is 11.3. The molecule has 77 heavy (non-hydrogen) atoms. The molecule has 0 aliphatic rings. The van der Waals surface area contributed by atoms with Crippen LogP contribution in [0.3, 0.4) is 0 Å². The van der Waals surface area contributed by atoms with Gasteiger partial charge in [-0.15, -0.1) is 0 Å². The molecule has 6 nitrogen and oxygen atoms in total. The molecule has 0 bridgehead atoms. The first-order chi connectivity index (χ1) is 38.0. The smallest absolute Gasteiger partial charge is 0.306 e. The first kappa shape index (κ1) is 75.4. The van der Waals surface area contributed by atoms with Crippen LogP contribution >= 0.6 is 0 Å². The molecule has 0 aliphatic heterocycles. The molecule has 0 N–H and O–H groups in total. The Hall–Kier alpha value is -1.59. The van der Waals surface area contributed by atoms with Crippen LogP contribution in [0.25, 0.3) is 0 Å². The van der Waals surface area contributed by atoms with Gasteiger partial charge >= 0.3 is 17.9 Å². The molecule has 0 unspecified atom stereocenters. The molecule has 0 rings (SSSR count). The lowest BCUT2D eigenvalue weighted by Crippen LogP contribution is -2.30. The maximum atomic E-state index is 12.9. The normalized spacial score (nSPS) is 11.5. The zero-order chi connectivity index (χ0) is 55.7. The maximum absolute atomic E-state index is 12.9. The molecule has 0 saturated heterocycles. The van der Waals surface area contributed by atoms with Crippen molar-refractivity contribution in [3.05, 3.63) is 0 Å². The second-order valence-electron chi connectivity index (χ2n) is 24.5. The van der Waals surface area contributed by atoms with E-state index in [1.165, 1.54) is 321 Å². The van der Waals surface area contributed by atoms with Gasteiger partial charge in [0.1, 0.15) is 13.2 Å². The predicted octanol–water partition coefficient (Wildman–Crippen LogP) is 24.2. The highest BCUT2D eigenvalue weighted by Crippen LogP contribution is 2.19. The van der Waals surface area contributed by atoms with Gasteiger partial charge in [0.25, 0.3) is 0 Å². The Labute approximate surface area is 482 Å². The Morgan fingerprint density at radius 2 is 0.351 bits per heavy atom. The van der Waals surface area contributed by atoms with Crippen LogP contribution < -0.4 is 0 Å². The van der Waals surface area contributed by atoms with Gasteiger partial charge in [0.05, 0.1) is 0 Å². The SMILES string of the molecule is CCCCCCCCCCCCCCCCCCCCCCCC(=O)OCC(COC(=O)CCCCCCCCCCCCCCCCCCCCCCC)OC(=O)CCCCCCCCCCCCCCCCCCC. The molecule has 0 spiro atoms. The van der Waals surface area contributed by atoms with Gasteiger partial charge in [0.15, 0.2) is 6.10 Å². The third kappa shape index (κ3) is 65.1. The van der Waals surface area contributed by atoms with Crippen molar-refractivity contribution in [1.82, 2.24) is 0 Å². The van der Waals surface area contributed by atoms with Crippen LogP contribution in [0.15, 0.2) is 0 Å². The summed E-state index contributed by atoms with van der Waals surface area (Å²) in [5.41, 5.74) is 0. The van der Waals surface area contributed by atoms with Crippen LogP contribution in [0.5, 0.6) is 0 Å². The van der Waals surface area contributed by atoms with Crippen molar-refractivity contribution in [2.24, 2.45) is 0 Å². The fourth-order valence-corrected chi connectivity index (χ4v) is 11.3. The Balaban J connectivity index is 4.25. The number of carbonyl (C=O) groups is 3. The Morgan fingerprint density at radius 3 is 0.519 bits per heavy atom. The highest BCUT2D eigenvalue weighted by atomic mass is 16.6. The second-order valence-corrected chi connectivity index (χ2v) is 24.5. The number of hydrogen-bond acceptors (Lipinski definition) is 6. The predicted molar refractivity (Wildman–Crippen MR) is 335 cm³/mol. The van der Waals surface area contributed by atoms with E-state index in [4.69, 9.17) is 14.2 Å². The van der Waals surface area contributed by atoms with E-state index >= 15 is 0 Å². The van der Waals surface area contributed by atoms with Crippen molar-refractivity contribution in [3.8, 4) is 0 Å². The van der Waals surface area contributed by atoms with E-state index in [1.54, 1.807) is 0 Å². The quantitative estimate of drug-likeness (QED) is 0.0343. The van der Waals surface area contributed by atoms with E-state index in [0.717, 1.165) is 57.8 Å². The van der Waals surface area contributed by atoms with E-state index < -0.39 is 6.10 Å². The maximum Gasteiger partial charge on any atom is 0.306 e. The number of ether oxygens (including phenoxy) is 3. The van der Waals surface area contributed by atoms with Crippen LogP contribution in [0.1, 0.15) is 419 Å². The van der Waals surface area contributed by atoms with Gasteiger partial charge in [-0.2, -0.15) is 0 Å². The van der Waals surface area contributed by atoms with E-state index in [1.807, 2.05) is 0 Å². The number of carbonyl (C=O) groups excluding carboxylic acids is 3. The summed E-state index contributed by atoms with van der Waals surface area (Å²) in [6.45, 7) is 6.75. The summed E-state index contributed by atoms with van der Waals surface area (Å²) >= 11 is 0. The van der Waals surface area contributed by atoms with Crippen molar-refractivity contribution in [2.45, 2.75) is 425 Å². The number of rotatable bonds is 67. The van der Waals surface area contributed by atoms with E-state index in [9.17, 15) is 14.4 Å². The number of esters is 3. The molecule has 0 atom stereocenters. The molecule has 6 heteroatoms. The molecule has 0 fully saturated rings. The van der Waals surface area contributed by atoms with E-state index in [-0.39, 0.29) is 31.1 Å². The highest BCUT2D eigenvalue weighted by Gasteiger charge is 2.19. The third-order valence-electron chi connectivity index (χ3n) is 16.6. The lowest BCUT2D eigenvalue weighted by molar-refractivity contribution is -0.167. The lowest BCUT2D eigenvalue weighted by atomic mass is 10.0. The molecule has 0 radical (unpaired) electrons. The van der Waals surface area contributed by atoms with Gasteiger partial charge in [-0.05, 0) is 19.3 Å². The van der Waals surface area contributed by atoms with Crippen LogP contribution in [-0.4, -0.2) is 37.2 Å². The van der Waals surface area contributed by atoms with E-state index in [0.29, 0.717) is 19.3 Å². The molecule has 458 valence electrons. The summed E-state index contributed by atoms with van der Waals surface area (Å²) in [6.07, 6.45) is 78.4. The molecule has 0 aromatic heterocycles. The van der Waals surface area contributed by atoms with Gasteiger partial charge in [0.2, 0.25) is 0 Å². The summed E-state index contributed by atoms with van der Waals surface area (Å²) in [4.78, 5) is 38.5. The molecule has 0 amide bonds. The van der Waals surface area contributed by atoms with Crippen molar-refractivity contribution in [2.75, 3.05) is 13.2 Å². The first-order valence-electron chi connectivity index (χ1n) is 35.5. The summed E-state index contributed by atoms with van der Waals surface area (Å²) in [6, 6.07) is 0. The molecule has 0 aliphatic carbocycles. The topological polar surface area (TPSA) is 78.9 Å². The Kier molecular flexibility index (Phi) is 65.5. The second kappa shape index (κ2) is 66.9. The minimum atomic E-state index is -0.763. The van der Waals surface area contributed by atoms with Crippen LogP contribution in [0.4, 0.5) is 0 Å². The minimum absolute atomic E-state index is 0.0600. The summed E-state index contributed by atoms with van der Waals surface area (Å²) in [5, 5.41) is 0. The highest BCUT2D eigenvalue weighted by molar-refractivity contribution is 5.71. The zero-order valence-corrected chi connectivity index (χ0v) is 52.8. The number of unbranched alkanes of at least 4 members (excludes halogenated alkanes) is 56. The summed E-state index contributed by atoms with van der Waals surface area (Å²) in [7, 11) is 0. The van der Waals surface area contributed by atoms with Crippen molar-refractivity contribution in [1.29, 1.82) is 0 Å². The van der Waals surface area contributed by atoms with Gasteiger partial charge in [-0.3, -0.25) is 14.4 Å². The van der Waals surface area contributed by atoms with Crippen LogP contribution in [0, 0.1) is 0 Å². The van der Waals surface area contributed by atoms with Gasteiger partial charge in [0, 0.05) is 19.3 Å². The van der Waals surface area contributed by atoms with Crippen LogP contribution in [0.2, 0.25) is 0 Å². The summed E-state index contributed by atoms with van der Waals surface area (Å²) in [5.74, 6) is -0.817. The third-order valence-corrected chi connectivity index (χ3v) is 16.6. The van der Waals surface area contributed by atoms with Gasteiger partial charge < -0.3 is 14.2 Å². The average Bonchev–Trinajstić information content (AvgIpc) is 3.43. The standard InChI is InChI=1S/C71H138O6/c1-4-7-10-13-16-19-22-25-28-31-33-35-37-40-42-45-48-51-54-57-60-63-69(72)75-66-68(77-71(74)65-62-59-56-53-50-47-44-39-30-27-24-21-18-15-12-9-6-3)67-76-70(73)64-61-58-55-52-49-46-43-41-38-36-34-32-29-26-23-20-17-14-11-8-5-2/h68H,4-67H2,1-3H3. The van der Waals surface area contributed by atoms with Crippen molar-refractivity contribution in [3.63, 3.8) is 0 Å². The molecular formula is C71H138O6. The molecule has 0 aromatic rings. The molecule has 0 saturated carbocycles. The summed E-state index contributed by atoms with van der Waals surface area (Å²) < 4.78 is 17.0. The first-order valence-corrected chi connectivity index (χ1v) is 35.5. The number of hydrogen-bond donors (Lipinski definition) is 0. The van der Waals surface area contributed by atoms with Crippen LogP contribution in [-0.2, 0) is 28.6 Å². The molecular weight excluding hydrogens is 949 g/mol. The largest absolute Gasteiger partial charge is 0.462 e. The van der Waals surface area contributed by atoms with Crippen molar-refractivity contribution < 1.29 is 28.6 Å². The van der Waals surface area contributed by atoms with E-state index in [2.05, 4.69) is 20.8 Å². The van der Waals surface area contributed by atoms with Crippen molar-refractivity contribution >= 4 is 17.9 Å². The fraction of sp³-hybridized carbons (Fsp3) is 0.958. The zero-order valence-electron chi connectivity index (χ0n) is 52.8. The minimum Gasteiger partial charge on any atom is -0.462 e. The molecule has 0 aromatic carbocycles. The average molecular weight is 1090 g/mol.